The third-order valence-electron chi connectivity index (χ3n) is 3.87. The summed E-state index contributed by atoms with van der Waals surface area (Å²) in [6.45, 7) is 4.51. The van der Waals surface area contributed by atoms with Gasteiger partial charge in [-0.2, -0.15) is 0 Å². The van der Waals surface area contributed by atoms with Crippen LogP contribution in [-0.4, -0.2) is 0 Å². The lowest BCUT2D eigenvalue weighted by molar-refractivity contribution is 0.387. The lowest BCUT2D eigenvalue weighted by atomic mass is 9.78. The van der Waals surface area contributed by atoms with Gasteiger partial charge in [-0.25, -0.2) is 0 Å². The van der Waals surface area contributed by atoms with E-state index in [0.717, 1.165) is 14.0 Å². The van der Waals surface area contributed by atoms with Gasteiger partial charge in [-0.3, -0.25) is 0 Å². The third-order valence-corrected chi connectivity index (χ3v) is 6.26. The molecule has 0 amide bonds. The van der Waals surface area contributed by atoms with Gasteiger partial charge >= 0.3 is 0 Å². The highest BCUT2D eigenvalue weighted by Crippen LogP contribution is 2.43. The van der Waals surface area contributed by atoms with Gasteiger partial charge in [-0.15, -0.1) is 11.3 Å². The SMILES string of the molecule is CCC(C)C(c1ccccc1)C(N)c1cc(Br)sc1Br. The van der Waals surface area contributed by atoms with Gasteiger partial charge in [-0.05, 0) is 55.0 Å². The molecule has 108 valence electrons. The van der Waals surface area contributed by atoms with E-state index in [1.165, 1.54) is 11.1 Å². The van der Waals surface area contributed by atoms with Gasteiger partial charge in [0.05, 0.1) is 7.57 Å². The number of benzene rings is 1. The molecule has 0 bridgehead atoms. The van der Waals surface area contributed by atoms with Crippen molar-refractivity contribution >= 4 is 43.2 Å². The number of rotatable bonds is 5. The van der Waals surface area contributed by atoms with Crippen LogP contribution in [0.1, 0.15) is 43.4 Å². The second-order valence-corrected chi connectivity index (χ2v) is 8.88. The zero-order chi connectivity index (χ0) is 14.7. The summed E-state index contributed by atoms with van der Waals surface area (Å²) < 4.78 is 2.24. The molecule has 0 spiro atoms. The first-order valence-electron chi connectivity index (χ1n) is 6.79. The topological polar surface area (TPSA) is 26.0 Å². The summed E-state index contributed by atoms with van der Waals surface area (Å²) in [7, 11) is 0. The minimum absolute atomic E-state index is 0.00396. The van der Waals surface area contributed by atoms with Crippen molar-refractivity contribution in [3.63, 3.8) is 0 Å². The molecule has 0 radical (unpaired) electrons. The normalized spacial score (nSPS) is 15.8. The molecule has 0 aliphatic rings. The van der Waals surface area contributed by atoms with Crippen LogP contribution in [-0.2, 0) is 0 Å². The van der Waals surface area contributed by atoms with Crippen LogP contribution in [0.4, 0.5) is 0 Å². The van der Waals surface area contributed by atoms with E-state index in [2.05, 4.69) is 82.1 Å². The molecule has 2 aromatic rings. The zero-order valence-electron chi connectivity index (χ0n) is 11.6. The number of hydrogen-bond acceptors (Lipinski definition) is 2. The Balaban J connectivity index is 2.39. The Hall–Kier alpha value is -0.160. The van der Waals surface area contributed by atoms with Crippen LogP contribution >= 0.6 is 43.2 Å². The molecule has 0 saturated carbocycles. The first-order valence-corrected chi connectivity index (χ1v) is 9.20. The van der Waals surface area contributed by atoms with Crippen LogP contribution in [0.3, 0.4) is 0 Å². The van der Waals surface area contributed by atoms with E-state index in [9.17, 15) is 0 Å². The standard InChI is InChI=1S/C16H19Br2NS/c1-3-10(2)14(11-7-5-4-6-8-11)15(19)12-9-13(17)20-16(12)18/h4-10,14-15H,3,19H2,1-2H3. The van der Waals surface area contributed by atoms with Crippen molar-refractivity contribution in [3.05, 3.63) is 55.1 Å². The van der Waals surface area contributed by atoms with Crippen LogP contribution in [0.2, 0.25) is 0 Å². The van der Waals surface area contributed by atoms with Crippen molar-refractivity contribution in [1.82, 2.24) is 0 Å². The molecule has 1 aromatic carbocycles. The Morgan fingerprint density at radius 2 is 1.85 bits per heavy atom. The molecule has 0 fully saturated rings. The van der Waals surface area contributed by atoms with Gasteiger partial charge in [0.25, 0.3) is 0 Å². The summed E-state index contributed by atoms with van der Waals surface area (Å²) in [5.41, 5.74) is 9.13. The Bertz CT molecular complexity index is 553. The highest BCUT2D eigenvalue weighted by atomic mass is 79.9. The Morgan fingerprint density at radius 3 is 2.35 bits per heavy atom. The molecule has 0 aliphatic carbocycles. The molecule has 3 unspecified atom stereocenters. The van der Waals surface area contributed by atoms with Crippen molar-refractivity contribution in [2.75, 3.05) is 0 Å². The second-order valence-electron chi connectivity index (χ2n) is 5.13. The summed E-state index contributed by atoms with van der Waals surface area (Å²) >= 11 is 8.86. The van der Waals surface area contributed by atoms with E-state index in [0.29, 0.717) is 11.8 Å². The molecular formula is C16H19Br2NS. The zero-order valence-corrected chi connectivity index (χ0v) is 15.6. The predicted molar refractivity (Wildman–Crippen MR) is 95.3 cm³/mol. The fourth-order valence-electron chi connectivity index (χ4n) is 2.59. The molecule has 20 heavy (non-hydrogen) atoms. The van der Waals surface area contributed by atoms with Crippen molar-refractivity contribution < 1.29 is 0 Å². The van der Waals surface area contributed by atoms with Crippen molar-refractivity contribution in [3.8, 4) is 0 Å². The molecule has 0 saturated heterocycles. The van der Waals surface area contributed by atoms with Gasteiger partial charge in [0.15, 0.2) is 0 Å². The Kier molecular flexibility index (Phi) is 5.84. The van der Waals surface area contributed by atoms with Crippen LogP contribution < -0.4 is 5.73 Å². The van der Waals surface area contributed by atoms with Gasteiger partial charge in [0, 0.05) is 12.0 Å². The maximum Gasteiger partial charge on any atom is 0.0758 e. The van der Waals surface area contributed by atoms with E-state index in [-0.39, 0.29) is 6.04 Å². The van der Waals surface area contributed by atoms with Crippen molar-refractivity contribution in [2.45, 2.75) is 32.2 Å². The molecule has 4 heteroatoms. The number of nitrogens with two attached hydrogens (primary N) is 1. The summed E-state index contributed by atoms with van der Waals surface area (Å²) in [5, 5.41) is 0. The van der Waals surface area contributed by atoms with Crippen molar-refractivity contribution in [2.24, 2.45) is 11.7 Å². The minimum Gasteiger partial charge on any atom is -0.323 e. The molecular weight excluding hydrogens is 398 g/mol. The van der Waals surface area contributed by atoms with E-state index in [1.807, 2.05) is 0 Å². The molecule has 1 aromatic heterocycles. The monoisotopic (exact) mass is 415 g/mol. The van der Waals surface area contributed by atoms with Crippen LogP contribution in [0, 0.1) is 5.92 Å². The number of halogens is 2. The highest BCUT2D eigenvalue weighted by Gasteiger charge is 2.28. The molecule has 1 heterocycles. The molecule has 0 aliphatic heterocycles. The van der Waals surface area contributed by atoms with Crippen LogP contribution in [0.15, 0.2) is 44.0 Å². The Morgan fingerprint density at radius 1 is 1.20 bits per heavy atom. The van der Waals surface area contributed by atoms with Gasteiger partial charge in [0.2, 0.25) is 0 Å². The summed E-state index contributed by atoms with van der Waals surface area (Å²) in [4.78, 5) is 0. The molecule has 1 nitrogen and oxygen atoms in total. The minimum atomic E-state index is 0.00396. The summed E-state index contributed by atoms with van der Waals surface area (Å²) in [6.07, 6.45) is 1.12. The summed E-state index contributed by atoms with van der Waals surface area (Å²) in [6, 6.07) is 12.8. The number of hydrogen-bond donors (Lipinski definition) is 1. The summed E-state index contributed by atoms with van der Waals surface area (Å²) in [5.74, 6) is 0.872. The van der Waals surface area contributed by atoms with E-state index in [4.69, 9.17) is 5.73 Å². The van der Waals surface area contributed by atoms with Crippen LogP contribution in [0.25, 0.3) is 0 Å². The molecule has 2 rings (SSSR count). The quantitative estimate of drug-likeness (QED) is 0.625. The lowest BCUT2D eigenvalue weighted by Crippen LogP contribution is -2.24. The molecule has 3 atom stereocenters. The first-order chi connectivity index (χ1) is 9.54. The fraction of sp³-hybridized carbons (Fsp3) is 0.375. The Labute approximate surface area is 141 Å². The fourth-order valence-corrected chi connectivity index (χ4v) is 5.55. The van der Waals surface area contributed by atoms with E-state index in [1.54, 1.807) is 11.3 Å². The van der Waals surface area contributed by atoms with E-state index < -0.39 is 0 Å². The van der Waals surface area contributed by atoms with Crippen LogP contribution in [0.5, 0.6) is 0 Å². The maximum atomic E-state index is 6.62. The van der Waals surface area contributed by atoms with Gasteiger partial charge < -0.3 is 5.73 Å². The van der Waals surface area contributed by atoms with Crippen molar-refractivity contribution in [1.29, 1.82) is 0 Å². The lowest BCUT2D eigenvalue weighted by Gasteiger charge is -2.29. The maximum absolute atomic E-state index is 6.62. The predicted octanol–water partition coefficient (Wildman–Crippen LogP) is 6.10. The highest BCUT2D eigenvalue weighted by molar-refractivity contribution is 9.12. The average Bonchev–Trinajstić information content (AvgIpc) is 2.79. The largest absolute Gasteiger partial charge is 0.323 e. The first kappa shape index (κ1) is 16.2. The average molecular weight is 417 g/mol. The van der Waals surface area contributed by atoms with Gasteiger partial charge in [0.1, 0.15) is 0 Å². The van der Waals surface area contributed by atoms with E-state index >= 15 is 0 Å². The smallest absolute Gasteiger partial charge is 0.0758 e. The molecule has 2 N–H and O–H groups in total. The van der Waals surface area contributed by atoms with Gasteiger partial charge in [-0.1, -0.05) is 50.6 Å². The second kappa shape index (κ2) is 7.21. The third kappa shape index (κ3) is 3.53. The number of thiophene rings is 1.